The Morgan fingerprint density at radius 2 is 1.35 bits per heavy atom. The standard InChI is InChI=1S/C19H29N4O2P/c1-16-13-14-18(19(15-16)24-17-11-9-8-10-12-17)25-20-26(21(2)3,22(4)5)23(6)7/h8-15H,1-7H3. The molecule has 142 valence electrons. The van der Waals surface area contributed by atoms with E-state index in [1.807, 2.05) is 97.7 Å². The van der Waals surface area contributed by atoms with Gasteiger partial charge in [-0.2, -0.15) is 0 Å². The molecule has 0 atom stereocenters. The highest BCUT2D eigenvalue weighted by molar-refractivity contribution is 7.58. The fourth-order valence-corrected chi connectivity index (χ4v) is 5.56. The molecule has 0 spiro atoms. The van der Waals surface area contributed by atoms with Crippen molar-refractivity contribution in [3.8, 4) is 17.2 Å². The lowest BCUT2D eigenvalue weighted by atomic mass is 10.2. The zero-order chi connectivity index (χ0) is 19.3. The van der Waals surface area contributed by atoms with Crippen molar-refractivity contribution in [2.45, 2.75) is 6.92 Å². The number of hydrogen-bond donors (Lipinski definition) is 0. The largest absolute Gasteiger partial charge is 0.453 e. The fourth-order valence-electron chi connectivity index (χ4n) is 2.78. The van der Waals surface area contributed by atoms with Crippen molar-refractivity contribution in [2.24, 2.45) is 4.91 Å². The Morgan fingerprint density at radius 3 is 1.88 bits per heavy atom. The van der Waals surface area contributed by atoms with Gasteiger partial charge in [0.05, 0.1) is 0 Å². The van der Waals surface area contributed by atoms with Crippen LogP contribution in [0.4, 0.5) is 0 Å². The Bertz CT molecular complexity index is 748. The normalized spacial score (nSPS) is 11.9. The Kier molecular flexibility index (Phi) is 6.84. The molecular formula is C19H29N4O2P. The number of nitrogens with zero attached hydrogens (tertiary/aromatic N) is 4. The van der Waals surface area contributed by atoms with Crippen LogP contribution in [0.3, 0.4) is 0 Å². The smallest absolute Gasteiger partial charge is 0.210 e. The van der Waals surface area contributed by atoms with Gasteiger partial charge in [0, 0.05) is 0 Å². The monoisotopic (exact) mass is 376 g/mol. The summed E-state index contributed by atoms with van der Waals surface area (Å²) in [6, 6.07) is 15.5. The summed E-state index contributed by atoms with van der Waals surface area (Å²) in [5, 5.41) is 0. The molecule has 0 unspecified atom stereocenters. The van der Waals surface area contributed by atoms with Crippen molar-refractivity contribution < 1.29 is 9.57 Å². The van der Waals surface area contributed by atoms with E-state index in [-0.39, 0.29) is 0 Å². The van der Waals surface area contributed by atoms with E-state index in [2.05, 4.69) is 18.9 Å². The lowest BCUT2D eigenvalue weighted by molar-refractivity contribution is 0.309. The second-order valence-electron chi connectivity index (χ2n) is 6.62. The summed E-state index contributed by atoms with van der Waals surface area (Å²) < 4.78 is 12.3. The Morgan fingerprint density at radius 1 is 0.769 bits per heavy atom. The van der Waals surface area contributed by atoms with E-state index in [0.29, 0.717) is 11.5 Å². The number of aryl methyl sites for hydroxylation is 1. The number of rotatable bonds is 7. The number of para-hydroxylation sites is 1. The molecule has 0 aliphatic carbocycles. The summed E-state index contributed by atoms with van der Waals surface area (Å²) in [7, 11) is 9.92. The van der Waals surface area contributed by atoms with Gasteiger partial charge >= 0.3 is 0 Å². The molecule has 0 radical (unpaired) electrons. The summed E-state index contributed by atoms with van der Waals surface area (Å²) in [5.74, 6) is 2.00. The summed E-state index contributed by atoms with van der Waals surface area (Å²) in [6.07, 6.45) is 0. The number of ether oxygens (including phenoxy) is 1. The third-order valence-electron chi connectivity index (χ3n) is 3.93. The van der Waals surface area contributed by atoms with Gasteiger partial charge in [-0.3, -0.25) is 0 Å². The average molecular weight is 376 g/mol. The molecule has 0 aromatic heterocycles. The Hall–Kier alpha value is -1.85. The van der Waals surface area contributed by atoms with E-state index in [0.717, 1.165) is 11.3 Å². The van der Waals surface area contributed by atoms with E-state index < -0.39 is 7.51 Å². The molecule has 0 fully saturated rings. The van der Waals surface area contributed by atoms with Crippen molar-refractivity contribution >= 4 is 7.51 Å². The molecule has 26 heavy (non-hydrogen) atoms. The van der Waals surface area contributed by atoms with Gasteiger partial charge < -0.3 is 9.57 Å². The summed E-state index contributed by atoms with van der Waals surface area (Å²) in [6.45, 7) is 2.02. The van der Waals surface area contributed by atoms with Crippen LogP contribution in [0.1, 0.15) is 5.56 Å². The van der Waals surface area contributed by atoms with Gasteiger partial charge in [0.15, 0.2) is 11.5 Å². The summed E-state index contributed by atoms with van der Waals surface area (Å²) in [5.41, 5.74) is 1.09. The molecule has 0 aliphatic rings. The van der Waals surface area contributed by atoms with Crippen LogP contribution in [0.5, 0.6) is 17.2 Å². The van der Waals surface area contributed by atoms with Crippen LogP contribution >= 0.6 is 7.51 Å². The van der Waals surface area contributed by atoms with Crippen molar-refractivity contribution in [1.82, 2.24) is 14.0 Å². The maximum absolute atomic E-state index is 6.02. The van der Waals surface area contributed by atoms with Crippen molar-refractivity contribution in [3.63, 3.8) is 0 Å². The molecule has 7 heteroatoms. The van der Waals surface area contributed by atoms with E-state index in [9.17, 15) is 0 Å². The molecule has 0 bridgehead atoms. The topological polar surface area (TPSA) is 40.5 Å². The van der Waals surface area contributed by atoms with Gasteiger partial charge in [0.2, 0.25) is 7.51 Å². The third kappa shape index (κ3) is 4.46. The number of hydrogen-bond acceptors (Lipinski definition) is 3. The predicted octanol–water partition coefficient (Wildman–Crippen LogP) is 4.71. The van der Waals surface area contributed by atoms with Crippen LogP contribution in [0.25, 0.3) is 0 Å². The zero-order valence-electron chi connectivity index (χ0n) is 16.7. The highest BCUT2D eigenvalue weighted by Crippen LogP contribution is 2.55. The van der Waals surface area contributed by atoms with Gasteiger partial charge in [0.1, 0.15) is 5.75 Å². The summed E-state index contributed by atoms with van der Waals surface area (Å²) >= 11 is 0. The molecule has 6 nitrogen and oxygen atoms in total. The third-order valence-corrected chi connectivity index (χ3v) is 7.45. The second-order valence-corrected chi connectivity index (χ2v) is 10.3. The average Bonchev–Trinajstić information content (AvgIpc) is 2.57. The fraction of sp³-hybridized carbons (Fsp3) is 0.368. The first-order valence-electron chi connectivity index (χ1n) is 8.43. The first kappa shape index (κ1) is 20.5. The molecule has 0 heterocycles. The minimum Gasteiger partial charge on any atom is -0.453 e. The van der Waals surface area contributed by atoms with Crippen LogP contribution in [0.2, 0.25) is 0 Å². The minimum atomic E-state index is -2.14. The molecule has 0 amide bonds. The van der Waals surface area contributed by atoms with Crippen LogP contribution in [0.15, 0.2) is 53.4 Å². The van der Waals surface area contributed by atoms with Crippen molar-refractivity contribution in [1.29, 1.82) is 0 Å². The summed E-state index contributed by atoms with van der Waals surface area (Å²) in [4.78, 5) is 10.6. The van der Waals surface area contributed by atoms with E-state index in [1.165, 1.54) is 0 Å². The highest BCUT2D eigenvalue weighted by Gasteiger charge is 2.30. The maximum Gasteiger partial charge on any atom is 0.210 e. The zero-order valence-corrected chi connectivity index (χ0v) is 17.6. The van der Waals surface area contributed by atoms with Crippen molar-refractivity contribution in [2.75, 3.05) is 42.3 Å². The quantitative estimate of drug-likeness (QED) is 0.517. The van der Waals surface area contributed by atoms with E-state index in [1.54, 1.807) is 0 Å². The van der Waals surface area contributed by atoms with Gasteiger partial charge in [-0.25, -0.2) is 14.0 Å². The highest BCUT2D eigenvalue weighted by atomic mass is 31.2. The molecule has 2 rings (SSSR count). The maximum atomic E-state index is 6.02. The van der Waals surface area contributed by atoms with E-state index in [4.69, 9.17) is 9.57 Å². The van der Waals surface area contributed by atoms with E-state index >= 15 is 0 Å². The lowest BCUT2D eigenvalue weighted by Gasteiger charge is -2.39. The molecule has 2 aromatic rings. The molecule has 2 aromatic carbocycles. The molecule has 0 N–H and O–H groups in total. The van der Waals surface area contributed by atoms with Crippen LogP contribution in [0, 0.1) is 6.92 Å². The van der Waals surface area contributed by atoms with Crippen LogP contribution in [-0.2, 0) is 0 Å². The van der Waals surface area contributed by atoms with Crippen LogP contribution < -0.4 is 9.57 Å². The van der Waals surface area contributed by atoms with Gasteiger partial charge in [-0.15, -0.1) is 0 Å². The van der Waals surface area contributed by atoms with Gasteiger partial charge in [-0.1, -0.05) is 29.2 Å². The van der Waals surface area contributed by atoms with Gasteiger partial charge in [-0.05, 0) is 79.0 Å². The molecule has 0 saturated carbocycles. The van der Waals surface area contributed by atoms with Crippen LogP contribution in [-0.4, -0.2) is 56.3 Å². The minimum absolute atomic E-state index is 0.592. The Balaban J connectivity index is 2.42. The lowest BCUT2D eigenvalue weighted by Crippen LogP contribution is -2.31. The first-order chi connectivity index (χ1) is 12.3. The molecular weight excluding hydrogens is 347 g/mol. The SMILES string of the molecule is Cc1ccc(ON=P(N(C)C)(N(C)C)N(C)C)c(Oc2ccccc2)c1. The predicted molar refractivity (Wildman–Crippen MR) is 109 cm³/mol. The second kappa shape index (κ2) is 8.69. The first-order valence-corrected chi connectivity index (χ1v) is 10.0. The van der Waals surface area contributed by atoms with Crippen molar-refractivity contribution in [3.05, 3.63) is 54.1 Å². The number of benzene rings is 2. The Labute approximate surface area is 157 Å². The van der Waals surface area contributed by atoms with Gasteiger partial charge in [0.25, 0.3) is 0 Å². The molecule has 0 saturated heterocycles. The molecule has 0 aliphatic heterocycles.